The van der Waals surface area contributed by atoms with Gasteiger partial charge in [-0.05, 0) is 44.0 Å². The quantitative estimate of drug-likeness (QED) is 0.931. The number of aryl methyl sites for hydroxylation is 1. The molecule has 1 fully saturated rings. The monoisotopic (exact) mass is 297 g/mol. The van der Waals surface area contributed by atoms with E-state index in [0.29, 0.717) is 5.52 Å². The summed E-state index contributed by atoms with van der Waals surface area (Å²) in [5.41, 5.74) is 0.581. The normalized spacial score (nSPS) is 19.5. The average molecular weight is 297 g/mol. The summed E-state index contributed by atoms with van der Waals surface area (Å²) in [7, 11) is 0. The maximum atomic E-state index is 12.8. The molecule has 1 aliphatic rings. The van der Waals surface area contributed by atoms with Crippen molar-refractivity contribution in [2.75, 3.05) is 6.54 Å². The molecule has 6 heteroatoms. The fourth-order valence-electron chi connectivity index (χ4n) is 2.95. The van der Waals surface area contributed by atoms with Crippen molar-refractivity contribution in [3.63, 3.8) is 0 Å². The van der Waals surface area contributed by atoms with Gasteiger partial charge in [0.05, 0.1) is 22.6 Å². The zero-order chi connectivity index (χ0) is 15.0. The van der Waals surface area contributed by atoms with Crippen LogP contribution >= 0.6 is 0 Å². The number of nitrogens with one attached hydrogen (secondary N) is 1. The summed E-state index contributed by atoms with van der Waals surface area (Å²) in [6.45, 7) is 3.77. The first-order chi connectivity index (χ1) is 10.0. The highest BCUT2D eigenvalue weighted by Gasteiger charge is 2.31. The van der Waals surface area contributed by atoms with Gasteiger partial charge in [-0.2, -0.15) is 13.2 Å². The van der Waals surface area contributed by atoms with Crippen molar-refractivity contribution < 1.29 is 13.2 Å². The first-order valence-electron chi connectivity index (χ1n) is 7.31. The molecule has 3 rings (SSSR count). The fraction of sp³-hybridized carbons (Fsp3) is 0.533. The Bertz CT molecular complexity index is 639. The summed E-state index contributed by atoms with van der Waals surface area (Å²) in [6, 6.07) is 3.99. The number of nitrogens with zero attached hydrogens (tertiary/aromatic N) is 2. The first-order valence-corrected chi connectivity index (χ1v) is 7.31. The molecule has 2 aromatic rings. The molecule has 1 aliphatic heterocycles. The highest BCUT2D eigenvalue weighted by Crippen LogP contribution is 2.33. The van der Waals surface area contributed by atoms with E-state index in [-0.39, 0.29) is 6.04 Å². The molecule has 21 heavy (non-hydrogen) atoms. The Hall–Kier alpha value is -1.56. The van der Waals surface area contributed by atoms with Crippen LogP contribution in [0.1, 0.15) is 43.6 Å². The van der Waals surface area contributed by atoms with Crippen molar-refractivity contribution in [2.45, 2.75) is 44.9 Å². The summed E-state index contributed by atoms with van der Waals surface area (Å²) in [4.78, 5) is 4.49. The maximum absolute atomic E-state index is 12.8. The second-order valence-electron chi connectivity index (χ2n) is 5.47. The molecule has 0 saturated carbocycles. The SMILES string of the molecule is CCCn1c(C2CCCN2)nc2cc(C(F)(F)F)ccc21. The number of halogens is 3. The van der Waals surface area contributed by atoms with Crippen molar-refractivity contribution in [3.8, 4) is 0 Å². The maximum Gasteiger partial charge on any atom is 0.416 e. The third kappa shape index (κ3) is 2.64. The molecule has 0 amide bonds. The highest BCUT2D eigenvalue weighted by atomic mass is 19.4. The molecule has 1 saturated heterocycles. The molecule has 1 aromatic carbocycles. The Morgan fingerprint density at radius 3 is 2.81 bits per heavy atom. The Kier molecular flexibility index (Phi) is 3.65. The smallest absolute Gasteiger partial charge is 0.327 e. The van der Waals surface area contributed by atoms with Gasteiger partial charge in [0.15, 0.2) is 0 Å². The van der Waals surface area contributed by atoms with Gasteiger partial charge < -0.3 is 9.88 Å². The van der Waals surface area contributed by atoms with E-state index in [4.69, 9.17) is 0 Å². The van der Waals surface area contributed by atoms with E-state index in [1.54, 1.807) is 6.07 Å². The van der Waals surface area contributed by atoms with Gasteiger partial charge in [0.2, 0.25) is 0 Å². The van der Waals surface area contributed by atoms with Crippen molar-refractivity contribution in [1.82, 2.24) is 14.9 Å². The second kappa shape index (κ2) is 5.33. The van der Waals surface area contributed by atoms with E-state index < -0.39 is 11.7 Å². The van der Waals surface area contributed by atoms with Gasteiger partial charge in [0.1, 0.15) is 5.82 Å². The number of hydrogen-bond donors (Lipinski definition) is 1. The number of imidazole rings is 1. The van der Waals surface area contributed by atoms with E-state index in [1.165, 1.54) is 0 Å². The molecular formula is C15H18F3N3. The number of alkyl halides is 3. The minimum Gasteiger partial charge on any atom is -0.327 e. The lowest BCUT2D eigenvalue weighted by Crippen LogP contribution is -2.18. The topological polar surface area (TPSA) is 29.9 Å². The molecule has 0 bridgehead atoms. The van der Waals surface area contributed by atoms with Crippen LogP contribution in [-0.2, 0) is 12.7 Å². The van der Waals surface area contributed by atoms with Crippen LogP contribution < -0.4 is 5.32 Å². The van der Waals surface area contributed by atoms with Crippen molar-refractivity contribution in [2.24, 2.45) is 0 Å². The van der Waals surface area contributed by atoms with Crippen LogP contribution in [0.5, 0.6) is 0 Å². The minimum atomic E-state index is -4.32. The molecule has 1 unspecified atom stereocenters. The largest absolute Gasteiger partial charge is 0.416 e. The average Bonchev–Trinajstić information content (AvgIpc) is 3.05. The van der Waals surface area contributed by atoms with Crippen LogP contribution in [0.15, 0.2) is 18.2 Å². The van der Waals surface area contributed by atoms with Crippen LogP contribution in [0.3, 0.4) is 0 Å². The Morgan fingerprint density at radius 1 is 1.38 bits per heavy atom. The van der Waals surface area contributed by atoms with E-state index in [1.807, 2.05) is 0 Å². The summed E-state index contributed by atoms with van der Waals surface area (Å²) >= 11 is 0. The van der Waals surface area contributed by atoms with Gasteiger partial charge in [-0.3, -0.25) is 0 Å². The zero-order valence-electron chi connectivity index (χ0n) is 11.9. The Labute approximate surface area is 121 Å². The van der Waals surface area contributed by atoms with Crippen LogP contribution in [0.4, 0.5) is 13.2 Å². The minimum absolute atomic E-state index is 0.151. The summed E-state index contributed by atoms with van der Waals surface area (Å²) < 4.78 is 40.5. The van der Waals surface area contributed by atoms with Crippen LogP contribution in [0.2, 0.25) is 0 Å². The van der Waals surface area contributed by atoms with Gasteiger partial charge in [0, 0.05) is 6.54 Å². The summed E-state index contributed by atoms with van der Waals surface area (Å²) in [5, 5.41) is 3.37. The summed E-state index contributed by atoms with van der Waals surface area (Å²) in [5.74, 6) is 0.865. The predicted molar refractivity (Wildman–Crippen MR) is 75.0 cm³/mol. The fourth-order valence-corrected chi connectivity index (χ4v) is 2.95. The Morgan fingerprint density at radius 2 is 2.19 bits per heavy atom. The molecule has 1 aromatic heterocycles. The molecule has 0 aliphatic carbocycles. The van der Waals surface area contributed by atoms with Gasteiger partial charge in [-0.25, -0.2) is 4.98 Å². The van der Waals surface area contributed by atoms with E-state index in [9.17, 15) is 13.2 Å². The van der Waals surface area contributed by atoms with Gasteiger partial charge in [0.25, 0.3) is 0 Å². The third-order valence-electron chi connectivity index (χ3n) is 3.92. The number of fused-ring (bicyclic) bond motifs is 1. The summed E-state index contributed by atoms with van der Waals surface area (Å²) in [6.07, 6.45) is -1.34. The number of rotatable bonds is 3. The highest BCUT2D eigenvalue weighted by molar-refractivity contribution is 5.77. The van der Waals surface area contributed by atoms with Crippen molar-refractivity contribution >= 4 is 11.0 Å². The molecule has 2 heterocycles. The van der Waals surface area contributed by atoms with E-state index in [0.717, 1.165) is 55.8 Å². The lowest BCUT2D eigenvalue weighted by molar-refractivity contribution is -0.137. The molecule has 3 nitrogen and oxygen atoms in total. The van der Waals surface area contributed by atoms with Crippen LogP contribution in [0.25, 0.3) is 11.0 Å². The molecule has 1 atom stereocenters. The van der Waals surface area contributed by atoms with E-state index >= 15 is 0 Å². The lowest BCUT2D eigenvalue weighted by atomic mass is 10.2. The van der Waals surface area contributed by atoms with Crippen molar-refractivity contribution in [3.05, 3.63) is 29.6 Å². The first kappa shape index (κ1) is 14.4. The molecule has 0 spiro atoms. The molecule has 114 valence electrons. The third-order valence-corrected chi connectivity index (χ3v) is 3.92. The van der Waals surface area contributed by atoms with E-state index in [2.05, 4.69) is 21.8 Å². The van der Waals surface area contributed by atoms with Crippen LogP contribution in [-0.4, -0.2) is 16.1 Å². The second-order valence-corrected chi connectivity index (χ2v) is 5.47. The van der Waals surface area contributed by atoms with Gasteiger partial charge in [-0.1, -0.05) is 6.92 Å². The number of hydrogen-bond acceptors (Lipinski definition) is 2. The van der Waals surface area contributed by atoms with Gasteiger partial charge in [-0.15, -0.1) is 0 Å². The molecule has 1 N–H and O–H groups in total. The lowest BCUT2D eigenvalue weighted by Gasteiger charge is -2.13. The van der Waals surface area contributed by atoms with Crippen molar-refractivity contribution in [1.29, 1.82) is 0 Å². The predicted octanol–water partition coefficient (Wildman–Crippen LogP) is 3.89. The molecular weight excluding hydrogens is 279 g/mol. The Balaban J connectivity index is 2.11. The zero-order valence-corrected chi connectivity index (χ0v) is 11.9. The van der Waals surface area contributed by atoms with Crippen LogP contribution in [0, 0.1) is 0 Å². The number of benzene rings is 1. The van der Waals surface area contributed by atoms with Gasteiger partial charge >= 0.3 is 6.18 Å². The standard InChI is InChI=1S/C15H18F3N3/c1-2-8-21-13-6-5-10(15(16,17)18)9-12(13)20-14(21)11-4-3-7-19-11/h5-6,9,11,19H,2-4,7-8H2,1H3. The molecule has 0 radical (unpaired) electrons. The number of aromatic nitrogens is 2.